The molecule has 0 fully saturated rings. The van der Waals surface area contributed by atoms with Crippen molar-refractivity contribution in [2.45, 2.75) is 37.6 Å². The van der Waals surface area contributed by atoms with E-state index >= 15 is 0 Å². The zero-order chi connectivity index (χ0) is 22.0. The van der Waals surface area contributed by atoms with Crippen molar-refractivity contribution in [2.24, 2.45) is 5.10 Å². The summed E-state index contributed by atoms with van der Waals surface area (Å²) in [7, 11) is -3.67. The lowest BCUT2D eigenvalue weighted by molar-refractivity contribution is -0.133. The number of rotatable bonds is 6. The van der Waals surface area contributed by atoms with Gasteiger partial charge in [0.25, 0.3) is 10.0 Å². The summed E-state index contributed by atoms with van der Waals surface area (Å²) in [5, 5.41) is 6.00. The summed E-state index contributed by atoms with van der Waals surface area (Å²) in [5.41, 5.74) is 3.01. The first kappa shape index (κ1) is 20.9. The second-order valence-corrected chi connectivity index (χ2v) is 9.05. The van der Waals surface area contributed by atoms with E-state index in [1.54, 1.807) is 67.8 Å². The fourth-order valence-corrected chi connectivity index (χ4v) is 4.50. The fraction of sp³-hybridized carbons (Fsp3) is 0.217. The number of hydrazone groups is 1. The Morgan fingerprint density at radius 2 is 1.84 bits per heavy atom. The number of anilines is 1. The Labute approximate surface area is 181 Å². The van der Waals surface area contributed by atoms with Gasteiger partial charge < -0.3 is 4.42 Å². The van der Waals surface area contributed by atoms with Gasteiger partial charge in [-0.15, -0.1) is 0 Å². The van der Waals surface area contributed by atoms with Crippen molar-refractivity contribution >= 4 is 27.3 Å². The van der Waals surface area contributed by atoms with Crippen molar-refractivity contribution < 1.29 is 17.6 Å². The number of hydrogen-bond acceptors (Lipinski definition) is 5. The SMILES string of the molecule is CCC(=O)N1N=C(c2ccc(NS(=O)(=O)c3ccc(C)cc3)cc2)C[C@@H]1c1ccco1. The van der Waals surface area contributed by atoms with Gasteiger partial charge in [0.05, 0.1) is 16.9 Å². The Hall–Kier alpha value is -3.39. The van der Waals surface area contributed by atoms with Crippen molar-refractivity contribution in [2.75, 3.05) is 4.72 Å². The number of amides is 1. The van der Waals surface area contributed by atoms with E-state index in [1.165, 1.54) is 5.01 Å². The maximum atomic E-state index is 12.6. The van der Waals surface area contributed by atoms with Crippen molar-refractivity contribution in [3.63, 3.8) is 0 Å². The Bertz CT molecular complexity index is 1200. The maximum absolute atomic E-state index is 12.6. The number of carbonyl (C=O) groups excluding carboxylic acids is 1. The lowest BCUT2D eigenvalue weighted by Gasteiger charge is -2.18. The molecule has 3 aromatic rings. The van der Waals surface area contributed by atoms with E-state index in [0.29, 0.717) is 24.3 Å². The molecule has 1 amide bonds. The van der Waals surface area contributed by atoms with Gasteiger partial charge in [-0.05, 0) is 48.9 Å². The standard InChI is InChI=1S/C23H23N3O4S/c1-3-23(27)26-21(22-5-4-14-30-22)15-20(24-26)17-8-10-18(11-9-17)25-31(28,29)19-12-6-16(2)7-13-19/h4-14,21,25H,3,15H2,1-2H3/t21-/m1/s1. The van der Waals surface area contributed by atoms with Crippen LogP contribution in [0.25, 0.3) is 0 Å². The fourth-order valence-electron chi connectivity index (χ4n) is 3.44. The maximum Gasteiger partial charge on any atom is 0.261 e. The van der Waals surface area contributed by atoms with Gasteiger partial charge in [-0.3, -0.25) is 9.52 Å². The number of nitrogens with one attached hydrogen (secondary N) is 1. The van der Waals surface area contributed by atoms with Gasteiger partial charge in [-0.25, -0.2) is 13.4 Å². The van der Waals surface area contributed by atoms with Gasteiger partial charge >= 0.3 is 0 Å². The summed E-state index contributed by atoms with van der Waals surface area (Å²) in [6.07, 6.45) is 2.44. The summed E-state index contributed by atoms with van der Waals surface area (Å²) in [6.45, 7) is 3.70. The second-order valence-electron chi connectivity index (χ2n) is 7.37. The minimum atomic E-state index is -3.67. The highest BCUT2D eigenvalue weighted by Gasteiger charge is 2.34. The normalized spacial score (nSPS) is 16.3. The van der Waals surface area contributed by atoms with Crippen LogP contribution in [0, 0.1) is 6.92 Å². The molecule has 2 heterocycles. The summed E-state index contributed by atoms with van der Waals surface area (Å²) < 4.78 is 33.3. The summed E-state index contributed by atoms with van der Waals surface area (Å²) >= 11 is 0. The molecule has 4 rings (SSSR count). The first-order chi connectivity index (χ1) is 14.9. The van der Waals surface area contributed by atoms with E-state index in [4.69, 9.17) is 4.42 Å². The molecule has 0 unspecified atom stereocenters. The zero-order valence-electron chi connectivity index (χ0n) is 17.3. The quantitative estimate of drug-likeness (QED) is 0.616. The highest BCUT2D eigenvalue weighted by atomic mass is 32.2. The first-order valence-corrected chi connectivity index (χ1v) is 11.5. The molecule has 160 valence electrons. The summed E-state index contributed by atoms with van der Waals surface area (Å²) in [5.74, 6) is 0.599. The number of furan rings is 1. The largest absolute Gasteiger partial charge is 0.467 e. The molecular formula is C23H23N3O4S. The summed E-state index contributed by atoms with van der Waals surface area (Å²) in [4.78, 5) is 12.6. The Morgan fingerprint density at radius 1 is 1.13 bits per heavy atom. The number of carbonyl (C=O) groups is 1. The Balaban J connectivity index is 1.54. The molecule has 1 atom stereocenters. The van der Waals surface area contributed by atoms with Crippen LogP contribution in [0.1, 0.15) is 42.7 Å². The average Bonchev–Trinajstić information content (AvgIpc) is 3.44. The van der Waals surface area contributed by atoms with Crippen LogP contribution in [-0.2, 0) is 14.8 Å². The van der Waals surface area contributed by atoms with Crippen LogP contribution >= 0.6 is 0 Å². The van der Waals surface area contributed by atoms with Crippen LogP contribution in [0.15, 0.2) is 81.3 Å². The molecule has 0 aliphatic carbocycles. The second kappa shape index (κ2) is 8.39. The molecule has 7 nitrogen and oxygen atoms in total. The first-order valence-electron chi connectivity index (χ1n) is 10.0. The number of sulfonamides is 1. The number of aryl methyl sites for hydroxylation is 1. The number of benzene rings is 2. The predicted molar refractivity (Wildman–Crippen MR) is 118 cm³/mol. The van der Waals surface area contributed by atoms with E-state index in [1.807, 2.05) is 13.0 Å². The lowest BCUT2D eigenvalue weighted by Crippen LogP contribution is -2.25. The monoisotopic (exact) mass is 437 g/mol. The van der Waals surface area contributed by atoms with Crippen LogP contribution in [0.3, 0.4) is 0 Å². The van der Waals surface area contributed by atoms with Gasteiger partial charge in [-0.2, -0.15) is 5.10 Å². The number of nitrogens with zero attached hydrogens (tertiary/aromatic N) is 2. The van der Waals surface area contributed by atoms with Crippen LogP contribution in [-0.4, -0.2) is 25.0 Å². The molecule has 1 aliphatic rings. The highest BCUT2D eigenvalue weighted by Crippen LogP contribution is 2.33. The lowest BCUT2D eigenvalue weighted by atomic mass is 10.0. The van der Waals surface area contributed by atoms with Crippen LogP contribution < -0.4 is 4.72 Å². The molecule has 31 heavy (non-hydrogen) atoms. The third-order valence-corrected chi connectivity index (χ3v) is 6.54. The minimum absolute atomic E-state index is 0.0844. The molecule has 2 aromatic carbocycles. The van der Waals surface area contributed by atoms with Crippen molar-refractivity contribution in [1.29, 1.82) is 0 Å². The molecule has 1 aromatic heterocycles. The number of hydrogen-bond donors (Lipinski definition) is 1. The molecular weight excluding hydrogens is 414 g/mol. The van der Waals surface area contributed by atoms with Crippen molar-refractivity contribution in [3.05, 3.63) is 83.8 Å². The molecule has 0 saturated carbocycles. The molecule has 8 heteroatoms. The van der Waals surface area contributed by atoms with Gasteiger partial charge in [-0.1, -0.05) is 36.8 Å². The highest BCUT2D eigenvalue weighted by molar-refractivity contribution is 7.92. The zero-order valence-corrected chi connectivity index (χ0v) is 18.1. The molecule has 0 radical (unpaired) electrons. The van der Waals surface area contributed by atoms with Gasteiger partial charge in [0.2, 0.25) is 5.91 Å². The van der Waals surface area contributed by atoms with E-state index < -0.39 is 10.0 Å². The van der Waals surface area contributed by atoms with Crippen LogP contribution in [0.2, 0.25) is 0 Å². The molecule has 0 bridgehead atoms. The van der Waals surface area contributed by atoms with Crippen molar-refractivity contribution in [3.8, 4) is 0 Å². The van der Waals surface area contributed by atoms with Crippen molar-refractivity contribution in [1.82, 2.24) is 5.01 Å². The Kier molecular flexibility index (Phi) is 5.65. The van der Waals surface area contributed by atoms with Crippen LogP contribution in [0.5, 0.6) is 0 Å². The Morgan fingerprint density at radius 3 is 2.45 bits per heavy atom. The minimum Gasteiger partial charge on any atom is -0.467 e. The third kappa shape index (κ3) is 4.39. The summed E-state index contributed by atoms with van der Waals surface area (Å²) in [6, 6.07) is 17.0. The average molecular weight is 438 g/mol. The topological polar surface area (TPSA) is 92.0 Å². The van der Waals surface area contributed by atoms with Crippen LogP contribution in [0.4, 0.5) is 5.69 Å². The van der Waals surface area contributed by atoms with E-state index in [0.717, 1.165) is 16.8 Å². The van der Waals surface area contributed by atoms with Gasteiger partial charge in [0, 0.05) is 18.5 Å². The van der Waals surface area contributed by atoms with E-state index in [2.05, 4.69) is 9.82 Å². The molecule has 1 N–H and O–H groups in total. The van der Waals surface area contributed by atoms with Gasteiger partial charge in [0.1, 0.15) is 11.8 Å². The third-order valence-electron chi connectivity index (χ3n) is 5.14. The van der Waals surface area contributed by atoms with Gasteiger partial charge in [0.15, 0.2) is 0 Å². The predicted octanol–water partition coefficient (Wildman–Crippen LogP) is 4.48. The van der Waals surface area contributed by atoms with E-state index in [-0.39, 0.29) is 16.8 Å². The molecule has 1 aliphatic heterocycles. The molecule has 0 saturated heterocycles. The smallest absolute Gasteiger partial charge is 0.261 e. The van der Waals surface area contributed by atoms with E-state index in [9.17, 15) is 13.2 Å². The molecule has 0 spiro atoms.